The van der Waals surface area contributed by atoms with E-state index in [-0.39, 0.29) is 24.3 Å². The SMILES string of the molecule is COc1ccc(-c2csc(NC(=O)CC3c4ccccc4C=CN3C(C)=O)n2)cc1. The van der Waals surface area contributed by atoms with Gasteiger partial charge in [-0.3, -0.25) is 9.59 Å². The van der Waals surface area contributed by atoms with Gasteiger partial charge in [0.1, 0.15) is 5.75 Å². The first kappa shape index (κ1) is 19.8. The van der Waals surface area contributed by atoms with Gasteiger partial charge in [0.2, 0.25) is 11.8 Å². The molecular formula is C23H21N3O3S. The first-order chi connectivity index (χ1) is 14.5. The van der Waals surface area contributed by atoms with Crippen LogP contribution in [0.2, 0.25) is 0 Å². The van der Waals surface area contributed by atoms with Crippen molar-refractivity contribution in [3.05, 3.63) is 71.2 Å². The maximum Gasteiger partial charge on any atom is 0.228 e. The lowest BCUT2D eigenvalue weighted by Crippen LogP contribution is -2.33. The molecule has 2 amide bonds. The Labute approximate surface area is 178 Å². The number of ether oxygens (including phenoxy) is 1. The Morgan fingerprint density at radius 3 is 2.67 bits per heavy atom. The first-order valence-electron chi connectivity index (χ1n) is 9.51. The molecule has 2 aromatic carbocycles. The van der Waals surface area contributed by atoms with Gasteiger partial charge in [-0.05, 0) is 41.5 Å². The molecule has 1 aliphatic rings. The van der Waals surface area contributed by atoms with Gasteiger partial charge < -0.3 is 15.0 Å². The van der Waals surface area contributed by atoms with Crippen molar-refractivity contribution in [2.75, 3.05) is 12.4 Å². The molecule has 0 bridgehead atoms. The highest BCUT2D eigenvalue weighted by Gasteiger charge is 2.28. The summed E-state index contributed by atoms with van der Waals surface area (Å²) >= 11 is 1.37. The van der Waals surface area contributed by atoms with Crippen molar-refractivity contribution in [1.29, 1.82) is 0 Å². The van der Waals surface area contributed by atoms with E-state index >= 15 is 0 Å². The predicted molar refractivity (Wildman–Crippen MR) is 118 cm³/mol. The summed E-state index contributed by atoms with van der Waals surface area (Å²) in [4.78, 5) is 31.0. The summed E-state index contributed by atoms with van der Waals surface area (Å²) in [6.45, 7) is 1.51. The summed E-state index contributed by atoms with van der Waals surface area (Å²) < 4.78 is 5.18. The van der Waals surface area contributed by atoms with Crippen molar-refractivity contribution in [3.63, 3.8) is 0 Å². The summed E-state index contributed by atoms with van der Waals surface area (Å²) in [5.74, 6) is 0.487. The smallest absolute Gasteiger partial charge is 0.228 e. The van der Waals surface area contributed by atoms with Gasteiger partial charge in [0, 0.05) is 24.1 Å². The minimum Gasteiger partial charge on any atom is -0.497 e. The van der Waals surface area contributed by atoms with Gasteiger partial charge in [-0.2, -0.15) is 0 Å². The Hall–Kier alpha value is -3.45. The molecule has 1 aliphatic heterocycles. The van der Waals surface area contributed by atoms with E-state index in [1.54, 1.807) is 18.2 Å². The van der Waals surface area contributed by atoms with Crippen LogP contribution in [0, 0.1) is 0 Å². The van der Waals surface area contributed by atoms with Crippen LogP contribution in [0.15, 0.2) is 60.1 Å². The molecule has 0 saturated heterocycles. The van der Waals surface area contributed by atoms with E-state index in [0.717, 1.165) is 28.1 Å². The van der Waals surface area contributed by atoms with Gasteiger partial charge in [-0.25, -0.2) is 4.98 Å². The maximum atomic E-state index is 12.8. The second kappa shape index (κ2) is 8.51. The minimum atomic E-state index is -0.343. The Morgan fingerprint density at radius 1 is 1.17 bits per heavy atom. The van der Waals surface area contributed by atoms with Crippen LogP contribution < -0.4 is 10.1 Å². The molecule has 3 aromatic rings. The van der Waals surface area contributed by atoms with Crippen LogP contribution in [-0.2, 0) is 9.59 Å². The molecule has 2 heterocycles. The molecule has 0 fully saturated rings. The molecule has 1 N–H and O–H groups in total. The molecule has 1 aromatic heterocycles. The Bertz CT molecular complexity index is 1100. The maximum absolute atomic E-state index is 12.8. The van der Waals surface area contributed by atoms with Crippen LogP contribution in [0.4, 0.5) is 5.13 Å². The van der Waals surface area contributed by atoms with E-state index in [4.69, 9.17) is 4.74 Å². The van der Waals surface area contributed by atoms with Crippen LogP contribution >= 0.6 is 11.3 Å². The highest BCUT2D eigenvalue weighted by atomic mass is 32.1. The van der Waals surface area contributed by atoms with Gasteiger partial charge in [0.05, 0.1) is 25.3 Å². The van der Waals surface area contributed by atoms with Crippen molar-refractivity contribution < 1.29 is 14.3 Å². The van der Waals surface area contributed by atoms with E-state index < -0.39 is 0 Å². The van der Waals surface area contributed by atoms with E-state index in [1.165, 1.54) is 18.3 Å². The quantitative estimate of drug-likeness (QED) is 0.649. The standard InChI is InChI=1S/C23H21N3O3S/c1-15(27)26-12-11-16-5-3-4-6-19(16)21(26)13-22(28)25-23-24-20(14-30-23)17-7-9-18(29-2)10-8-17/h3-12,14,21H,13H2,1-2H3,(H,24,25,28). The largest absolute Gasteiger partial charge is 0.497 e. The summed E-state index contributed by atoms with van der Waals surface area (Å²) in [5.41, 5.74) is 3.71. The predicted octanol–water partition coefficient (Wildman–Crippen LogP) is 4.72. The summed E-state index contributed by atoms with van der Waals surface area (Å²) in [6.07, 6.45) is 3.79. The first-order valence-corrected chi connectivity index (χ1v) is 10.4. The Balaban J connectivity index is 1.48. The van der Waals surface area contributed by atoms with Crippen LogP contribution in [0.25, 0.3) is 17.3 Å². The second-order valence-electron chi connectivity index (χ2n) is 6.91. The zero-order chi connectivity index (χ0) is 21.1. The number of nitrogens with zero attached hydrogens (tertiary/aromatic N) is 2. The van der Waals surface area contributed by atoms with Crippen LogP contribution in [-0.4, -0.2) is 28.8 Å². The third kappa shape index (κ3) is 4.11. The number of carbonyl (C=O) groups excluding carboxylic acids is 2. The average Bonchev–Trinajstić information content (AvgIpc) is 3.22. The lowest BCUT2D eigenvalue weighted by atomic mass is 9.93. The number of hydrogen-bond donors (Lipinski definition) is 1. The molecular weight excluding hydrogens is 398 g/mol. The topological polar surface area (TPSA) is 71.5 Å². The number of fused-ring (bicyclic) bond motifs is 1. The number of thiazole rings is 1. The fourth-order valence-corrected chi connectivity index (χ4v) is 4.22. The number of anilines is 1. The van der Waals surface area contributed by atoms with Gasteiger partial charge in [-0.15, -0.1) is 11.3 Å². The fourth-order valence-electron chi connectivity index (χ4n) is 3.48. The van der Waals surface area contributed by atoms with E-state index in [0.29, 0.717) is 5.13 Å². The fraction of sp³-hybridized carbons (Fsp3) is 0.174. The molecule has 0 spiro atoms. The monoisotopic (exact) mass is 419 g/mol. The normalized spacial score (nSPS) is 14.9. The van der Waals surface area contributed by atoms with Crippen molar-refractivity contribution in [3.8, 4) is 17.0 Å². The van der Waals surface area contributed by atoms with Crippen molar-refractivity contribution in [1.82, 2.24) is 9.88 Å². The Morgan fingerprint density at radius 2 is 1.93 bits per heavy atom. The highest BCUT2D eigenvalue weighted by Crippen LogP contribution is 2.33. The molecule has 7 heteroatoms. The van der Waals surface area contributed by atoms with Crippen molar-refractivity contribution >= 4 is 34.4 Å². The molecule has 1 atom stereocenters. The molecule has 1 unspecified atom stereocenters. The average molecular weight is 420 g/mol. The van der Waals surface area contributed by atoms with Crippen LogP contribution in [0.1, 0.15) is 30.5 Å². The number of aromatic nitrogens is 1. The zero-order valence-electron chi connectivity index (χ0n) is 16.7. The molecule has 0 saturated carbocycles. The number of amides is 2. The number of rotatable bonds is 5. The van der Waals surface area contributed by atoms with Gasteiger partial charge in [0.15, 0.2) is 5.13 Å². The highest BCUT2D eigenvalue weighted by molar-refractivity contribution is 7.14. The van der Waals surface area contributed by atoms with Gasteiger partial charge in [-0.1, -0.05) is 24.3 Å². The number of benzene rings is 2. The minimum absolute atomic E-state index is 0.102. The third-order valence-corrected chi connectivity index (χ3v) is 5.74. The molecule has 6 nitrogen and oxygen atoms in total. The third-order valence-electron chi connectivity index (χ3n) is 4.98. The number of carbonyl (C=O) groups is 2. The van der Waals surface area contributed by atoms with E-state index in [2.05, 4.69) is 10.3 Å². The second-order valence-corrected chi connectivity index (χ2v) is 7.76. The molecule has 152 valence electrons. The lowest BCUT2D eigenvalue weighted by Gasteiger charge is -2.32. The lowest BCUT2D eigenvalue weighted by molar-refractivity contribution is -0.129. The van der Waals surface area contributed by atoms with E-state index in [1.807, 2.05) is 60.0 Å². The van der Waals surface area contributed by atoms with E-state index in [9.17, 15) is 9.59 Å². The molecule has 0 radical (unpaired) electrons. The molecule has 30 heavy (non-hydrogen) atoms. The van der Waals surface area contributed by atoms with Gasteiger partial charge in [0.25, 0.3) is 0 Å². The van der Waals surface area contributed by atoms with Crippen molar-refractivity contribution in [2.24, 2.45) is 0 Å². The van der Waals surface area contributed by atoms with Crippen LogP contribution in [0.3, 0.4) is 0 Å². The summed E-state index contributed by atoms with van der Waals surface area (Å²) in [7, 11) is 1.62. The number of methoxy groups -OCH3 is 1. The molecule has 4 rings (SSSR count). The summed E-state index contributed by atoms with van der Waals surface area (Å²) in [5, 5.41) is 5.30. The van der Waals surface area contributed by atoms with Crippen LogP contribution in [0.5, 0.6) is 5.75 Å². The zero-order valence-corrected chi connectivity index (χ0v) is 17.5. The van der Waals surface area contributed by atoms with Gasteiger partial charge >= 0.3 is 0 Å². The van der Waals surface area contributed by atoms with Crippen molar-refractivity contribution in [2.45, 2.75) is 19.4 Å². The number of nitrogens with one attached hydrogen (secondary N) is 1. The number of hydrogen-bond acceptors (Lipinski definition) is 5. The molecule has 0 aliphatic carbocycles. The summed E-state index contributed by atoms with van der Waals surface area (Å²) in [6, 6.07) is 15.1. The Kier molecular flexibility index (Phi) is 5.63.